The molecule has 2 aliphatic heterocycles. The van der Waals surface area contributed by atoms with Crippen LogP contribution >= 0.6 is 11.3 Å². The van der Waals surface area contributed by atoms with E-state index in [-0.39, 0.29) is 5.97 Å². The summed E-state index contributed by atoms with van der Waals surface area (Å²) in [7, 11) is 0. The van der Waals surface area contributed by atoms with Gasteiger partial charge < -0.3 is 15.0 Å². The molecule has 10 nitrogen and oxygen atoms in total. The number of carbonyl (C=O) groups excluding carboxylic acids is 1. The highest BCUT2D eigenvalue weighted by atomic mass is 32.1. The van der Waals surface area contributed by atoms with Crippen molar-refractivity contribution in [3.8, 4) is 0 Å². The summed E-state index contributed by atoms with van der Waals surface area (Å²) in [5.74, 6) is 1.15. The minimum absolute atomic E-state index is 0.330. The molecule has 35 heavy (non-hydrogen) atoms. The van der Waals surface area contributed by atoms with E-state index < -0.39 is 0 Å². The number of nitrogens with zero attached hydrogens (tertiary/aromatic N) is 6. The van der Waals surface area contributed by atoms with Crippen molar-refractivity contribution in [2.24, 2.45) is 0 Å². The van der Waals surface area contributed by atoms with Gasteiger partial charge >= 0.3 is 5.97 Å². The lowest BCUT2D eigenvalue weighted by Crippen LogP contribution is -2.45. The summed E-state index contributed by atoms with van der Waals surface area (Å²) >= 11 is 1.27. The molecule has 184 valence electrons. The Balaban J connectivity index is 1.43. The second-order valence-electron chi connectivity index (χ2n) is 8.63. The van der Waals surface area contributed by atoms with Crippen LogP contribution in [-0.4, -0.2) is 70.1 Å². The van der Waals surface area contributed by atoms with Crippen LogP contribution in [0.2, 0.25) is 0 Å². The molecule has 0 aliphatic carbocycles. The Labute approximate surface area is 208 Å². The van der Waals surface area contributed by atoms with Gasteiger partial charge in [0.2, 0.25) is 5.95 Å². The third-order valence-corrected chi connectivity index (χ3v) is 7.20. The molecule has 2 N–H and O–H groups in total. The average Bonchev–Trinajstić information content (AvgIpc) is 3.24. The number of hydrogen-bond donors (Lipinski definition) is 2. The van der Waals surface area contributed by atoms with Crippen LogP contribution in [0.15, 0.2) is 24.5 Å². The van der Waals surface area contributed by atoms with E-state index in [4.69, 9.17) is 14.7 Å². The minimum Gasteiger partial charge on any atom is -0.462 e. The number of hydrogen-bond acceptors (Lipinski definition) is 11. The molecule has 1 fully saturated rings. The van der Waals surface area contributed by atoms with Crippen molar-refractivity contribution in [3.05, 3.63) is 51.9 Å². The smallest absolute Gasteiger partial charge is 0.350 e. The Morgan fingerprint density at radius 3 is 2.86 bits per heavy atom. The van der Waals surface area contributed by atoms with Crippen molar-refractivity contribution in [1.82, 2.24) is 30.2 Å². The Kier molecular flexibility index (Phi) is 7.16. The van der Waals surface area contributed by atoms with Crippen LogP contribution in [0.3, 0.4) is 0 Å². The molecule has 3 aromatic heterocycles. The van der Waals surface area contributed by atoms with Gasteiger partial charge in [0.05, 0.1) is 18.0 Å². The molecule has 0 atom stereocenters. The van der Waals surface area contributed by atoms with Crippen LogP contribution in [0.4, 0.5) is 16.9 Å². The molecule has 1 saturated heterocycles. The number of carbonyl (C=O) groups is 1. The number of esters is 1. The molecule has 0 radical (unpaired) electrons. The number of aryl methyl sites for hydroxylation is 1. The average molecular weight is 495 g/mol. The maximum Gasteiger partial charge on any atom is 0.350 e. The largest absolute Gasteiger partial charge is 0.462 e. The van der Waals surface area contributed by atoms with Crippen molar-refractivity contribution >= 4 is 34.2 Å². The predicted octanol–water partition coefficient (Wildman–Crippen LogP) is 2.52. The quantitative estimate of drug-likeness (QED) is 0.476. The van der Waals surface area contributed by atoms with Gasteiger partial charge in [-0.25, -0.2) is 14.8 Å². The van der Waals surface area contributed by atoms with Gasteiger partial charge in [0, 0.05) is 63.8 Å². The summed E-state index contributed by atoms with van der Waals surface area (Å²) in [5, 5.41) is 7.26. The van der Waals surface area contributed by atoms with Gasteiger partial charge in [0.15, 0.2) is 5.13 Å². The molecule has 3 aromatic rings. The summed E-state index contributed by atoms with van der Waals surface area (Å²) in [4.78, 5) is 36.1. The monoisotopic (exact) mass is 494 g/mol. The second kappa shape index (κ2) is 10.6. The SMILES string of the molecule is CCOC(=O)c1sc(Nc2nc3c(c(N4CCNCC4)n2)CCN(Cc2cccnc2)C3)nc1C. The third kappa shape index (κ3) is 5.42. The number of thiazole rings is 1. The zero-order chi connectivity index (χ0) is 24.2. The fourth-order valence-corrected chi connectivity index (χ4v) is 5.33. The molecule has 11 heteroatoms. The highest BCUT2D eigenvalue weighted by Crippen LogP contribution is 2.31. The fraction of sp³-hybridized carbons (Fsp3) is 0.458. The van der Waals surface area contributed by atoms with Gasteiger partial charge in [-0.2, -0.15) is 4.98 Å². The molecule has 0 aromatic carbocycles. The fourth-order valence-electron chi connectivity index (χ4n) is 4.48. The second-order valence-corrected chi connectivity index (χ2v) is 9.63. The molecule has 5 heterocycles. The number of ether oxygens (including phenoxy) is 1. The van der Waals surface area contributed by atoms with E-state index in [1.165, 1.54) is 22.5 Å². The molecule has 0 spiro atoms. The maximum atomic E-state index is 12.2. The number of pyridine rings is 1. The lowest BCUT2D eigenvalue weighted by atomic mass is 10.0. The van der Waals surface area contributed by atoms with E-state index >= 15 is 0 Å². The van der Waals surface area contributed by atoms with Gasteiger partial charge in [-0.1, -0.05) is 17.4 Å². The van der Waals surface area contributed by atoms with E-state index in [9.17, 15) is 4.79 Å². The Morgan fingerprint density at radius 1 is 1.23 bits per heavy atom. The summed E-state index contributed by atoms with van der Waals surface area (Å²) in [5.41, 5.74) is 4.09. The molecular weight excluding hydrogens is 464 g/mol. The van der Waals surface area contributed by atoms with Crippen LogP contribution < -0.4 is 15.5 Å². The van der Waals surface area contributed by atoms with E-state index in [0.717, 1.165) is 63.7 Å². The van der Waals surface area contributed by atoms with E-state index in [1.54, 1.807) is 13.1 Å². The van der Waals surface area contributed by atoms with Crippen molar-refractivity contribution in [2.75, 3.05) is 49.5 Å². The van der Waals surface area contributed by atoms with Crippen LogP contribution in [0.1, 0.15) is 39.1 Å². The van der Waals surface area contributed by atoms with E-state index in [0.29, 0.717) is 28.3 Å². The number of fused-ring (bicyclic) bond motifs is 1. The highest BCUT2D eigenvalue weighted by Gasteiger charge is 2.26. The lowest BCUT2D eigenvalue weighted by Gasteiger charge is -2.34. The topological polar surface area (TPSA) is 108 Å². The normalized spacial score (nSPS) is 16.1. The first kappa shape index (κ1) is 23.6. The van der Waals surface area contributed by atoms with Gasteiger partial charge in [-0.05, 0) is 31.9 Å². The minimum atomic E-state index is -0.352. The predicted molar refractivity (Wildman–Crippen MR) is 135 cm³/mol. The van der Waals surface area contributed by atoms with Gasteiger partial charge in [-0.15, -0.1) is 0 Å². The van der Waals surface area contributed by atoms with Gasteiger partial charge in [0.25, 0.3) is 0 Å². The zero-order valence-corrected chi connectivity index (χ0v) is 20.9. The van der Waals surface area contributed by atoms with Crippen LogP contribution in [0, 0.1) is 6.92 Å². The Hall–Kier alpha value is -3.15. The Bertz CT molecular complexity index is 1180. The van der Waals surface area contributed by atoms with Crippen molar-refractivity contribution < 1.29 is 9.53 Å². The standard InChI is InChI=1S/C24H30N8O2S/c1-3-34-22(33)20-16(2)27-24(35-20)30-23-28-19-15-31(14-17-5-4-7-26-13-17)10-6-18(19)21(29-23)32-11-8-25-9-12-32/h4-5,7,13,25H,3,6,8-12,14-15H2,1-2H3,(H,27,28,29,30). The molecular formula is C24H30N8O2S. The van der Waals surface area contributed by atoms with Crippen molar-refractivity contribution in [3.63, 3.8) is 0 Å². The molecule has 0 saturated carbocycles. The number of anilines is 3. The molecule has 0 bridgehead atoms. The first-order valence-corrected chi connectivity index (χ1v) is 12.8. The first-order chi connectivity index (χ1) is 17.1. The summed E-state index contributed by atoms with van der Waals surface area (Å²) in [6.07, 6.45) is 4.62. The molecule has 0 amide bonds. The number of nitrogens with one attached hydrogen (secondary N) is 2. The summed E-state index contributed by atoms with van der Waals surface area (Å²) in [6, 6.07) is 4.08. The van der Waals surface area contributed by atoms with Crippen LogP contribution in [0.25, 0.3) is 0 Å². The van der Waals surface area contributed by atoms with Gasteiger partial charge in [0.1, 0.15) is 10.7 Å². The number of rotatable bonds is 7. The van der Waals surface area contributed by atoms with E-state index in [1.807, 2.05) is 19.2 Å². The molecule has 0 unspecified atom stereocenters. The first-order valence-electron chi connectivity index (χ1n) is 12.0. The summed E-state index contributed by atoms with van der Waals surface area (Å²) < 4.78 is 5.16. The molecule has 2 aliphatic rings. The number of piperazine rings is 1. The van der Waals surface area contributed by atoms with E-state index in [2.05, 4.69) is 36.5 Å². The lowest BCUT2D eigenvalue weighted by molar-refractivity contribution is 0.0531. The zero-order valence-electron chi connectivity index (χ0n) is 20.1. The third-order valence-electron chi connectivity index (χ3n) is 6.14. The van der Waals surface area contributed by atoms with Crippen LogP contribution in [0.5, 0.6) is 0 Å². The Morgan fingerprint density at radius 2 is 2.09 bits per heavy atom. The van der Waals surface area contributed by atoms with Gasteiger partial charge in [-0.3, -0.25) is 15.2 Å². The number of aromatic nitrogens is 4. The maximum absolute atomic E-state index is 12.2. The molecule has 5 rings (SSSR count). The van der Waals surface area contributed by atoms with Crippen molar-refractivity contribution in [2.45, 2.75) is 33.4 Å². The van der Waals surface area contributed by atoms with Crippen molar-refractivity contribution in [1.29, 1.82) is 0 Å². The highest BCUT2D eigenvalue weighted by molar-refractivity contribution is 7.17. The summed E-state index contributed by atoms with van der Waals surface area (Å²) in [6.45, 7) is 10.1. The van der Waals surface area contributed by atoms with Crippen LogP contribution in [-0.2, 0) is 24.2 Å².